The van der Waals surface area contributed by atoms with E-state index in [2.05, 4.69) is 9.97 Å². The third-order valence-electron chi connectivity index (χ3n) is 4.96. The van der Waals surface area contributed by atoms with E-state index in [4.69, 9.17) is 0 Å². The molecule has 1 fully saturated rings. The molecule has 0 radical (unpaired) electrons. The summed E-state index contributed by atoms with van der Waals surface area (Å²) in [4.78, 5) is 19.8. The maximum atomic E-state index is 13.1. The number of H-pyrrole nitrogens is 1. The minimum absolute atomic E-state index is 0.129. The standard InChI is InChI=1S/C17H19N3O3S/c1-11-18-16-10-13-8-7-12(9-15(16)17(21)19-11)20(13)24(22,23)14-5-3-2-4-6-14/h2-6,12-13H,7-10H2,1H3,(H,18,19,21)/t12-,13+/m1/s1. The summed E-state index contributed by atoms with van der Waals surface area (Å²) in [5, 5.41) is 0. The van der Waals surface area contributed by atoms with Crippen molar-refractivity contribution in [1.82, 2.24) is 14.3 Å². The van der Waals surface area contributed by atoms with Gasteiger partial charge in [0, 0.05) is 24.1 Å². The Morgan fingerprint density at radius 2 is 1.79 bits per heavy atom. The van der Waals surface area contributed by atoms with Crippen LogP contribution in [0.4, 0.5) is 0 Å². The van der Waals surface area contributed by atoms with E-state index in [0.29, 0.717) is 29.1 Å². The number of rotatable bonds is 2. The molecule has 0 unspecified atom stereocenters. The predicted octanol–water partition coefficient (Wildman–Crippen LogP) is 1.40. The average molecular weight is 345 g/mol. The smallest absolute Gasteiger partial charge is 0.254 e. The van der Waals surface area contributed by atoms with Crippen molar-refractivity contribution in [3.05, 3.63) is 57.8 Å². The fourth-order valence-electron chi connectivity index (χ4n) is 3.93. The van der Waals surface area contributed by atoms with Gasteiger partial charge >= 0.3 is 0 Å². The number of benzene rings is 1. The summed E-state index contributed by atoms with van der Waals surface area (Å²) in [7, 11) is -3.57. The van der Waals surface area contributed by atoms with Gasteiger partial charge in [0.25, 0.3) is 5.56 Å². The van der Waals surface area contributed by atoms with Crippen LogP contribution in [0.1, 0.15) is 29.9 Å². The monoisotopic (exact) mass is 345 g/mol. The lowest BCUT2D eigenvalue weighted by molar-refractivity contribution is 0.327. The molecular weight excluding hydrogens is 326 g/mol. The minimum Gasteiger partial charge on any atom is -0.311 e. The molecule has 0 spiro atoms. The predicted molar refractivity (Wildman–Crippen MR) is 89.3 cm³/mol. The van der Waals surface area contributed by atoms with E-state index < -0.39 is 10.0 Å². The first-order valence-electron chi connectivity index (χ1n) is 8.14. The first-order chi connectivity index (χ1) is 11.5. The van der Waals surface area contributed by atoms with E-state index in [0.717, 1.165) is 18.5 Å². The summed E-state index contributed by atoms with van der Waals surface area (Å²) < 4.78 is 27.9. The molecule has 1 aromatic heterocycles. The zero-order valence-electron chi connectivity index (χ0n) is 13.4. The van der Waals surface area contributed by atoms with Crippen LogP contribution in [0.3, 0.4) is 0 Å². The first-order valence-corrected chi connectivity index (χ1v) is 9.58. The van der Waals surface area contributed by atoms with Crippen LogP contribution in [0.5, 0.6) is 0 Å². The fraction of sp³-hybridized carbons (Fsp3) is 0.412. The van der Waals surface area contributed by atoms with E-state index in [1.54, 1.807) is 41.6 Å². The molecule has 1 N–H and O–H groups in total. The maximum absolute atomic E-state index is 13.1. The number of aromatic nitrogens is 2. The van der Waals surface area contributed by atoms with Gasteiger partial charge in [0.05, 0.1) is 10.6 Å². The van der Waals surface area contributed by atoms with Crippen LogP contribution in [-0.2, 0) is 22.9 Å². The van der Waals surface area contributed by atoms with Crippen LogP contribution in [-0.4, -0.2) is 34.8 Å². The van der Waals surface area contributed by atoms with Gasteiger partial charge in [-0.1, -0.05) is 18.2 Å². The largest absolute Gasteiger partial charge is 0.311 e. The average Bonchev–Trinajstić information content (AvgIpc) is 2.85. The second kappa shape index (κ2) is 5.53. The van der Waals surface area contributed by atoms with Crippen LogP contribution in [0.15, 0.2) is 40.0 Å². The van der Waals surface area contributed by atoms with E-state index >= 15 is 0 Å². The Labute approximate surface area is 140 Å². The van der Waals surface area contributed by atoms with Crippen molar-refractivity contribution in [3.8, 4) is 0 Å². The molecule has 126 valence electrons. The van der Waals surface area contributed by atoms with E-state index in [-0.39, 0.29) is 17.6 Å². The van der Waals surface area contributed by atoms with Gasteiger partial charge in [0.2, 0.25) is 10.0 Å². The molecule has 6 nitrogen and oxygen atoms in total. The van der Waals surface area contributed by atoms with E-state index in [1.165, 1.54) is 0 Å². The molecule has 24 heavy (non-hydrogen) atoms. The second-order valence-corrected chi connectivity index (χ2v) is 8.36. The van der Waals surface area contributed by atoms with Gasteiger partial charge in [-0.25, -0.2) is 13.4 Å². The molecule has 4 rings (SSSR count). The summed E-state index contributed by atoms with van der Waals surface area (Å²) in [6.07, 6.45) is 2.52. The summed E-state index contributed by atoms with van der Waals surface area (Å²) >= 11 is 0. The van der Waals surface area contributed by atoms with E-state index in [9.17, 15) is 13.2 Å². The third-order valence-corrected chi connectivity index (χ3v) is 6.98. The zero-order valence-corrected chi connectivity index (χ0v) is 14.2. The van der Waals surface area contributed by atoms with Crippen LogP contribution in [0.2, 0.25) is 0 Å². The molecular formula is C17H19N3O3S. The molecule has 0 amide bonds. The molecule has 1 saturated heterocycles. The van der Waals surface area contributed by atoms with Crippen LogP contribution in [0, 0.1) is 6.92 Å². The van der Waals surface area contributed by atoms with E-state index in [1.807, 2.05) is 0 Å². The van der Waals surface area contributed by atoms with Crippen molar-refractivity contribution in [2.45, 2.75) is 49.6 Å². The number of nitrogens with one attached hydrogen (secondary N) is 1. The Morgan fingerprint density at radius 1 is 1.12 bits per heavy atom. The number of aromatic amines is 1. The van der Waals surface area contributed by atoms with Gasteiger partial charge < -0.3 is 4.98 Å². The molecule has 2 atom stereocenters. The van der Waals surface area contributed by atoms with Gasteiger partial charge in [-0.05, 0) is 38.3 Å². The lowest BCUT2D eigenvalue weighted by atomic mass is 9.98. The number of aryl methyl sites for hydroxylation is 1. The Morgan fingerprint density at radius 3 is 2.50 bits per heavy atom. The van der Waals surface area contributed by atoms with Gasteiger partial charge in [0.1, 0.15) is 5.82 Å². The molecule has 2 bridgehead atoms. The lowest BCUT2D eigenvalue weighted by Crippen LogP contribution is -2.41. The SMILES string of the molecule is Cc1nc2c(c(=O)[nH]1)C[C@H]1CC[C@@H](C2)N1S(=O)(=O)c1ccccc1. The number of hydrogen-bond donors (Lipinski definition) is 1. The van der Waals surface area contributed by atoms with Gasteiger partial charge in [-0.15, -0.1) is 0 Å². The van der Waals surface area contributed by atoms with Crippen LogP contribution < -0.4 is 5.56 Å². The van der Waals surface area contributed by atoms with Crippen molar-refractivity contribution >= 4 is 10.0 Å². The highest BCUT2D eigenvalue weighted by molar-refractivity contribution is 7.89. The Hall–Kier alpha value is -1.99. The van der Waals surface area contributed by atoms with Gasteiger partial charge in [0.15, 0.2) is 0 Å². The highest BCUT2D eigenvalue weighted by Gasteiger charge is 2.45. The highest BCUT2D eigenvalue weighted by atomic mass is 32.2. The molecule has 2 aliphatic heterocycles. The van der Waals surface area contributed by atoms with Crippen LogP contribution >= 0.6 is 0 Å². The Bertz CT molecular complexity index is 937. The Kier molecular flexibility index (Phi) is 3.58. The summed E-state index contributed by atoms with van der Waals surface area (Å²) in [6.45, 7) is 1.75. The quantitative estimate of drug-likeness (QED) is 0.892. The zero-order chi connectivity index (χ0) is 16.9. The molecule has 0 saturated carbocycles. The van der Waals surface area contributed by atoms with Crippen molar-refractivity contribution in [2.24, 2.45) is 0 Å². The number of fused-ring (bicyclic) bond motifs is 3. The summed E-state index contributed by atoms with van der Waals surface area (Å²) in [5.41, 5.74) is 1.25. The van der Waals surface area contributed by atoms with Crippen molar-refractivity contribution < 1.29 is 8.42 Å². The molecule has 3 heterocycles. The third kappa shape index (κ3) is 2.39. The maximum Gasteiger partial charge on any atom is 0.254 e. The topological polar surface area (TPSA) is 83.1 Å². The minimum atomic E-state index is -3.57. The number of nitrogens with zero attached hydrogens (tertiary/aromatic N) is 2. The normalized spacial score (nSPS) is 23.7. The summed E-state index contributed by atoms with van der Waals surface area (Å²) in [6, 6.07) is 8.22. The Balaban J connectivity index is 1.79. The summed E-state index contributed by atoms with van der Waals surface area (Å²) in [5.74, 6) is 0.578. The fourth-order valence-corrected chi connectivity index (χ4v) is 5.82. The second-order valence-electron chi connectivity index (χ2n) is 6.52. The number of hydrogen-bond acceptors (Lipinski definition) is 4. The van der Waals surface area contributed by atoms with Crippen molar-refractivity contribution in [3.63, 3.8) is 0 Å². The molecule has 1 aromatic carbocycles. The molecule has 0 aliphatic carbocycles. The molecule has 2 aromatic rings. The van der Waals surface area contributed by atoms with Crippen LogP contribution in [0.25, 0.3) is 0 Å². The van der Waals surface area contributed by atoms with Gasteiger partial charge in [-0.3, -0.25) is 4.79 Å². The molecule has 2 aliphatic rings. The number of sulfonamides is 1. The lowest BCUT2D eigenvalue weighted by Gasteiger charge is -2.27. The first kappa shape index (κ1) is 15.5. The van der Waals surface area contributed by atoms with Crippen molar-refractivity contribution in [2.75, 3.05) is 0 Å². The van der Waals surface area contributed by atoms with Crippen molar-refractivity contribution in [1.29, 1.82) is 0 Å². The highest BCUT2D eigenvalue weighted by Crippen LogP contribution is 2.36. The molecule has 7 heteroatoms. The van der Waals surface area contributed by atoms with Gasteiger partial charge in [-0.2, -0.15) is 4.31 Å².